The lowest BCUT2D eigenvalue weighted by atomic mass is 9.96. The lowest BCUT2D eigenvalue weighted by molar-refractivity contribution is -0.170. The van der Waals surface area contributed by atoms with Gasteiger partial charge in [0, 0.05) is 0 Å². The average Bonchev–Trinajstić information content (AvgIpc) is 2.70. The molecule has 0 atom stereocenters. The molecule has 1 aromatic carbocycles. The lowest BCUT2D eigenvalue weighted by Crippen LogP contribution is -2.34. The van der Waals surface area contributed by atoms with Crippen LogP contribution >= 0.6 is 0 Å². The van der Waals surface area contributed by atoms with Gasteiger partial charge in [-0.1, -0.05) is 43.2 Å². The highest BCUT2D eigenvalue weighted by molar-refractivity contribution is 5.95. The molecule has 0 spiro atoms. The number of ether oxygens (including phenoxy) is 2. The molecule has 0 aliphatic heterocycles. The quantitative estimate of drug-likeness (QED) is 0.500. The molecule has 2 saturated carbocycles. The molecule has 0 unspecified atom stereocenters. The minimum Gasteiger partial charge on any atom is -0.462 e. The Bertz CT molecular complexity index is 554. The average molecular weight is 373 g/mol. The van der Waals surface area contributed by atoms with Crippen LogP contribution in [0, 0.1) is 5.92 Å². The first kappa shape index (κ1) is 19.9. The van der Waals surface area contributed by atoms with E-state index in [1.165, 1.54) is 12.8 Å². The largest absolute Gasteiger partial charge is 0.462 e. The molecule has 0 N–H and O–H groups in total. The van der Waals surface area contributed by atoms with Crippen molar-refractivity contribution < 1.29 is 19.1 Å². The fourth-order valence-electron chi connectivity index (χ4n) is 4.15. The van der Waals surface area contributed by atoms with Crippen molar-refractivity contribution in [2.75, 3.05) is 0 Å². The van der Waals surface area contributed by atoms with Crippen LogP contribution < -0.4 is 0 Å². The molecule has 0 radical (unpaired) electrons. The number of carbonyl (C=O) groups excluding carboxylic acids is 2. The van der Waals surface area contributed by atoms with Gasteiger partial charge >= 0.3 is 11.9 Å². The van der Waals surface area contributed by atoms with E-state index in [0.29, 0.717) is 12.8 Å². The summed E-state index contributed by atoms with van der Waals surface area (Å²) in [5.41, 5.74) is 1.12. The molecule has 3 rings (SSSR count). The van der Waals surface area contributed by atoms with E-state index in [-0.39, 0.29) is 12.2 Å². The zero-order valence-corrected chi connectivity index (χ0v) is 16.2. The van der Waals surface area contributed by atoms with Crippen LogP contribution in [0.2, 0.25) is 0 Å². The van der Waals surface area contributed by atoms with E-state index in [2.05, 4.69) is 0 Å². The number of hydrogen-bond donors (Lipinski definition) is 0. The Morgan fingerprint density at radius 1 is 0.778 bits per heavy atom. The molecule has 4 heteroatoms. The van der Waals surface area contributed by atoms with E-state index in [0.717, 1.165) is 56.9 Å². The topological polar surface area (TPSA) is 52.6 Å². The minimum absolute atomic E-state index is 0.0343. The fraction of sp³-hybridized carbons (Fsp3) is 0.652. The first-order valence-electron chi connectivity index (χ1n) is 10.7. The Hall–Kier alpha value is -1.84. The van der Waals surface area contributed by atoms with E-state index >= 15 is 0 Å². The normalized spacial score (nSPS) is 19.0. The van der Waals surface area contributed by atoms with Crippen molar-refractivity contribution in [1.82, 2.24) is 0 Å². The van der Waals surface area contributed by atoms with Gasteiger partial charge in [0.25, 0.3) is 0 Å². The van der Waals surface area contributed by atoms with E-state index < -0.39 is 17.9 Å². The second kappa shape index (κ2) is 10.5. The molecule has 0 bridgehead atoms. The summed E-state index contributed by atoms with van der Waals surface area (Å²) in [6.45, 7) is 0. The Morgan fingerprint density at radius 2 is 1.26 bits per heavy atom. The Balaban J connectivity index is 1.60. The van der Waals surface area contributed by atoms with Crippen molar-refractivity contribution in [3.8, 4) is 0 Å². The number of esters is 2. The summed E-state index contributed by atoms with van der Waals surface area (Å²) in [4.78, 5) is 25.6. The summed E-state index contributed by atoms with van der Waals surface area (Å²) in [5.74, 6) is -1.59. The molecule has 27 heavy (non-hydrogen) atoms. The molecule has 0 saturated heterocycles. The Morgan fingerprint density at radius 3 is 1.74 bits per heavy atom. The van der Waals surface area contributed by atoms with Crippen LogP contribution in [-0.2, 0) is 25.5 Å². The summed E-state index contributed by atoms with van der Waals surface area (Å²) in [5, 5.41) is 0. The van der Waals surface area contributed by atoms with Crippen molar-refractivity contribution in [1.29, 1.82) is 0 Å². The molecular formula is C23H32O4. The van der Waals surface area contributed by atoms with Crippen molar-refractivity contribution >= 4 is 11.9 Å². The smallest absolute Gasteiger partial charge is 0.320 e. The van der Waals surface area contributed by atoms with E-state index in [1.54, 1.807) is 0 Å². The van der Waals surface area contributed by atoms with Crippen molar-refractivity contribution in [3.63, 3.8) is 0 Å². The van der Waals surface area contributed by atoms with Crippen LogP contribution in [0.1, 0.15) is 76.2 Å². The van der Waals surface area contributed by atoms with Crippen LogP contribution in [0.25, 0.3) is 0 Å². The van der Waals surface area contributed by atoms with Crippen LogP contribution in [-0.4, -0.2) is 24.1 Å². The van der Waals surface area contributed by atoms with Crippen LogP contribution in [0.15, 0.2) is 30.3 Å². The van der Waals surface area contributed by atoms with Crippen LogP contribution in [0.4, 0.5) is 0 Å². The molecule has 148 valence electrons. The summed E-state index contributed by atoms with van der Waals surface area (Å²) < 4.78 is 11.4. The number of aryl methyl sites for hydroxylation is 1. The highest BCUT2D eigenvalue weighted by atomic mass is 16.6. The Kier molecular flexibility index (Phi) is 7.73. The molecule has 2 aliphatic rings. The van der Waals surface area contributed by atoms with Gasteiger partial charge in [-0.15, -0.1) is 0 Å². The third kappa shape index (κ3) is 6.37. The summed E-state index contributed by atoms with van der Waals surface area (Å²) in [6, 6.07) is 9.97. The van der Waals surface area contributed by atoms with E-state index in [1.807, 2.05) is 30.3 Å². The lowest BCUT2D eigenvalue weighted by Gasteiger charge is -2.26. The third-order valence-electron chi connectivity index (χ3n) is 5.80. The van der Waals surface area contributed by atoms with Gasteiger partial charge < -0.3 is 9.47 Å². The first-order valence-corrected chi connectivity index (χ1v) is 10.7. The van der Waals surface area contributed by atoms with Gasteiger partial charge in [0.05, 0.1) is 0 Å². The van der Waals surface area contributed by atoms with Crippen molar-refractivity contribution in [3.05, 3.63) is 35.9 Å². The summed E-state index contributed by atoms with van der Waals surface area (Å²) >= 11 is 0. The number of benzene rings is 1. The zero-order valence-electron chi connectivity index (χ0n) is 16.2. The molecule has 4 nitrogen and oxygen atoms in total. The van der Waals surface area contributed by atoms with Gasteiger partial charge in [0.1, 0.15) is 12.2 Å². The van der Waals surface area contributed by atoms with Gasteiger partial charge in [-0.05, 0) is 69.8 Å². The highest BCUT2D eigenvalue weighted by Gasteiger charge is 2.33. The van der Waals surface area contributed by atoms with Gasteiger partial charge in [-0.2, -0.15) is 0 Å². The predicted octanol–water partition coefficient (Wildman–Crippen LogP) is 4.99. The second-order valence-electron chi connectivity index (χ2n) is 7.97. The number of hydrogen-bond acceptors (Lipinski definition) is 4. The SMILES string of the molecule is O=C(OC1CCCCC1)C(CCc1ccccc1)C(=O)OC1CCCCC1. The van der Waals surface area contributed by atoms with Gasteiger partial charge in [-0.25, -0.2) is 0 Å². The predicted molar refractivity (Wildman–Crippen MR) is 104 cm³/mol. The van der Waals surface area contributed by atoms with Crippen molar-refractivity contribution in [2.45, 2.75) is 89.3 Å². The molecule has 2 fully saturated rings. The summed E-state index contributed by atoms with van der Waals surface area (Å²) in [6.07, 6.45) is 11.5. The molecule has 1 aromatic rings. The fourth-order valence-corrected chi connectivity index (χ4v) is 4.15. The standard InChI is InChI=1S/C23H32O4/c24-22(26-19-12-6-2-7-13-19)21(17-16-18-10-4-1-5-11-18)23(25)27-20-14-8-3-9-15-20/h1,4-5,10-11,19-21H,2-3,6-9,12-17H2. The first-order chi connectivity index (χ1) is 13.2. The number of rotatable bonds is 7. The van der Waals surface area contributed by atoms with Crippen molar-refractivity contribution in [2.24, 2.45) is 5.92 Å². The minimum atomic E-state index is -0.811. The van der Waals surface area contributed by atoms with E-state index in [9.17, 15) is 9.59 Å². The zero-order chi connectivity index (χ0) is 18.9. The maximum atomic E-state index is 12.8. The number of carbonyl (C=O) groups is 2. The Labute approximate surface area is 162 Å². The van der Waals surface area contributed by atoms with Crippen LogP contribution in [0.3, 0.4) is 0 Å². The third-order valence-corrected chi connectivity index (χ3v) is 5.80. The monoisotopic (exact) mass is 372 g/mol. The molecule has 2 aliphatic carbocycles. The molecule has 0 heterocycles. The second-order valence-corrected chi connectivity index (χ2v) is 7.97. The van der Waals surface area contributed by atoms with Gasteiger partial charge in [0.15, 0.2) is 5.92 Å². The maximum absolute atomic E-state index is 12.8. The molecule has 0 amide bonds. The van der Waals surface area contributed by atoms with Crippen LogP contribution in [0.5, 0.6) is 0 Å². The molecule has 0 aromatic heterocycles. The van der Waals surface area contributed by atoms with E-state index in [4.69, 9.17) is 9.47 Å². The highest BCUT2D eigenvalue weighted by Crippen LogP contribution is 2.25. The summed E-state index contributed by atoms with van der Waals surface area (Å²) in [7, 11) is 0. The van der Waals surface area contributed by atoms with Gasteiger partial charge in [0.2, 0.25) is 0 Å². The van der Waals surface area contributed by atoms with Gasteiger partial charge in [-0.3, -0.25) is 9.59 Å². The molecular weight excluding hydrogens is 340 g/mol. The maximum Gasteiger partial charge on any atom is 0.320 e.